The summed E-state index contributed by atoms with van der Waals surface area (Å²) < 4.78 is 0. The zero-order chi connectivity index (χ0) is 8.49. The topological polar surface area (TPSA) is 0 Å². The monoisotopic (exact) mass is 162 g/mol. The minimum atomic E-state index is 1.09. The maximum absolute atomic E-state index is 2.30. The molecule has 12 heavy (non-hydrogen) atoms. The molecule has 0 aromatic heterocycles. The first-order valence-corrected chi connectivity index (χ1v) is 4.97. The van der Waals surface area contributed by atoms with Crippen LogP contribution in [0.2, 0.25) is 0 Å². The van der Waals surface area contributed by atoms with Crippen molar-refractivity contribution in [1.82, 2.24) is 0 Å². The van der Waals surface area contributed by atoms with E-state index >= 15 is 0 Å². The third-order valence-electron chi connectivity index (χ3n) is 2.06. The highest BCUT2D eigenvalue weighted by atomic mass is 13.9. The molecule has 0 aromatic rings. The van der Waals surface area contributed by atoms with E-state index < -0.39 is 0 Å². The molecule has 0 heterocycles. The Hall–Kier alpha value is -0.780. The van der Waals surface area contributed by atoms with Crippen LogP contribution in [-0.2, 0) is 0 Å². The largest absolute Gasteiger partial charge is 0.0882 e. The predicted molar refractivity (Wildman–Crippen MR) is 55.1 cm³/mol. The quantitative estimate of drug-likeness (QED) is 0.472. The van der Waals surface area contributed by atoms with Gasteiger partial charge < -0.3 is 0 Å². The lowest BCUT2D eigenvalue weighted by Gasteiger charge is -1.95. The molecule has 1 aliphatic rings. The lowest BCUT2D eigenvalue weighted by Crippen LogP contribution is -1.75. The predicted octanol–water partition coefficient (Wildman–Crippen LogP) is 4.01. The summed E-state index contributed by atoms with van der Waals surface area (Å²) in [5.74, 6) is 0. The van der Waals surface area contributed by atoms with Gasteiger partial charge in [0.25, 0.3) is 0 Å². The minimum Gasteiger partial charge on any atom is -0.0882 e. The first-order chi connectivity index (χ1) is 6.00. The van der Waals surface area contributed by atoms with Crippen molar-refractivity contribution in [3.05, 3.63) is 36.5 Å². The molecule has 0 aromatic carbocycles. The highest BCUT2D eigenvalue weighted by molar-refractivity contribution is 5.05. The van der Waals surface area contributed by atoms with E-state index in [9.17, 15) is 0 Å². The smallest absolute Gasteiger partial charge is 0.0166 e. The van der Waals surface area contributed by atoms with E-state index in [4.69, 9.17) is 0 Å². The van der Waals surface area contributed by atoms with Crippen LogP contribution < -0.4 is 0 Å². The molecule has 0 saturated heterocycles. The van der Waals surface area contributed by atoms with Crippen LogP contribution in [0.3, 0.4) is 0 Å². The van der Waals surface area contributed by atoms with E-state index in [0.29, 0.717) is 0 Å². The van der Waals surface area contributed by atoms with Gasteiger partial charge in [-0.2, -0.15) is 0 Å². The summed E-state index contributed by atoms with van der Waals surface area (Å²) in [5, 5.41) is 0. The normalized spacial score (nSPS) is 28.0. The molecule has 0 unspecified atom stereocenters. The van der Waals surface area contributed by atoms with Crippen molar-refractivity contribution in [2.45, 2.75) is 38.5 Å². The maximum atomic E-state index is 2.30. The van der Waals surface area contributed by atoms with Crippen LogP contribution in [0.15, 0.2) is 36.5 Å². The summed E-state index contributed by atoms with van der Waals surface area (Å²) in [6, 6.07) is 0. The van der Waals surface area contributed by atoms with Gasteiger partial charge in [-0.3, -0.25) is 0 Å². The fourth-order valence-electron chi connectivity index (χ4n) is 1.33. The van der Waals surface area contributed by atoms with Gasteiger partial charge in [-0.25, -0.2) is 0 Å². The lowest BCUT2D eigenvalue weighted by atomic mass is 10.1. The Balaban J connectivity index is 2.31. The molecule has 0 saturated carbocycles. The maximum Gasteiger partial charge on any atom is -0.0166 e. The molecule has 0 spiro atoms. The fourth-order valence-corrected chi connectivity index (χ4v) is 1.33. The van der Waals surface area contributed by atoms with E-state index in [-0.39, 0.29) is 0 Å². The van der Waals surface area contributed by atoms with Crippen molar-refractivity contribution >= 4 is 0 Å². The second-order valence-corrected chi connectivity index (χ2v) is 3.20. The van der Waals surface area contributed by atoms with Gasteiger partial charge >= 0.3 is 0 Å². The molecule has 0 N–H and O–H groups in total. The molecule has 66 valence electrons. The Kier molecular flexibility index (Phi) is 5.35. The van der Waals surface area contributed by atoms with Crippen LogP contribution in [-0.4, -0.2) is 0 Å². The van der Waals surface area contributed by atoms with E-state index in [1.165, 1.54) is 32.1 Å². The molecular weight excluding hydrogens is 144 g/mol. The molecular formula is C12H18. The summed E-state index contributed by atoms with van der Waals surface area (Å²) in [6.45, 7) is 0. The van der Waals surface area contributed by atoms with Crippen molar-refractivity contribution in [2.75, 3.05) is 0 Å². The second kappa shape index (κ2) is 6.90. The first-order valence-electron chi connectivity index (χ1n) is 4.97. The zero-order valence-electron chi connectivity index (χ0n) is 7.71. The molecule has 1 aliphatic carbocycles. The van der Waals surface area contributed by atoms with Gasteiger partial charge in [0, 0.05) is 0 Å². The van der Waals surface area contributed by atoms with Gasteiger partial charge in [0.1, 0.15) is 0 Å². The lowest BCUT2D eigenvalue weighted by molar-refractivity contribution is 0.695. The van der Waals surface area contributed by atoms with E-state index in [1.54, 1.807) is 0 Å². The number of rotatable bonds is 0. The standard InChI is InChI=1S/C12H18/c1-2-4-6-8-10-12-11-9-7-5-3-1/h1-4,7,9H,5-6,8,10-12H2/b3-1-,4-2-,9-7-. The molecule has 0 radical (unpaired) electrons. The van der Waals surface area contributed by atoms with Gasteiger partial charge in [0.2, 0.25) is 0 Å². The Labute approximate surface area is 75.7 Å². The molecule has 1 rings (SSSR count). The van der Waals surface area contributed by atoms with Crippen LogP contribution in [0.4, 0.5) is 0 Å². The van der Waals surface area contributed by atoms with Gasteiger partial charge in [-0.15, -0.1) is 0 Å². The summed E-state index contributed by atoms with van der Waals surface area (Å²) in [5.41, 5.74) is 0. The van der Waals surface area contributed by atoms with Crippen LogP contribution in [0.1, 0.15) is 38.5 Å². The Morgan fingerprint density at radius 2 is 1.33 bits per heavy atom. The van der Waals surface area contributed by atoms with Crippen LogP contribution in [0.5, 0.6) is 0 Å². The molecule has 0 heteroatoms. The molecule has 0 nitrogen and oxygen atoms in total. The molecule has 0 bridgehead atoms. The van der Waals surface area contributed by atoms with Crippen molar-refractivity contribution in [3.63, 3.8) is 0 Å². The van der Waals surface area contributed by atoms with Gasteiger partial charge in [0.15, 0.2) is 0 Å². The molecule has 0 fully saturated rings. The number of hydrogen-bond donors (Lipinski definition) is 0. The van der Waals surface area contributed by atoms with Gasteiger partial charge in [-0.05, 0) is 32.1 Å². The van der Waals surface area contributed by atoms with Crippen molar-refractivity contribution < 1.29 is 0 Å². The van der Waals surface area contributed by atoms with Crippen LogP contribution in [0.25, 0.3) is 0 Å². The Morgan fingerprint density at radius 3 is 2.25 bits per heavy atom. The van der Waals surface area contributed by atoms with Crippen LogP contribution in [0, 0.1) is 0 Å². The third kappa shape index (κ3) is 4.95. The average Bonchev–Trinajstić information content (AvgIpc) is 2.05. The summed E-state index contributed by atoms with van der Waals surface area (Å²) in [6.07, 6.45) is 21.0. The summed E-state index contributed by atoms with van der Waals surface area (Å²) in [7, 11) is 0. The van der Waals surface area contributed by atoms with E-state index in [1.807, 2.05) is 0 Å². The Morgan fingerprint density at radius 1 is 0.583 bits per heavy atom. The van der Waals surface area contributed by atoms with Crippen LogP contribution >= 0.6 is 0 Å². The average molecular weight is 162 g/mol. The summed E-state index contributed by atoms with van der Waals surface area (Å²) >= 11 is 0. The van der Waals surface area contributed by atoms with Crippen molar-refractivity contribution in [1.29, 1.82) is 0 Å². The van der Waals surface area contributed by atoms with Crippen molar-refractivity contribution in [2.24, 2.45) is 0 Å². The van der Waals surface area contributed by atoms with Crippen molar-refractivity contribution in [3.8, 4) is 0 Å². The first kappa shape index (κ1) is 9.31. The number of allylic oxidation sites excluding steroid dienone is 6. The highest BCUT2D eigenvalue weighted by Crippen LogP contribution is 2.05. The zero-order valence-corrected chi connectivity index (χ0v) is 7.71. The summed E-state index contributed by atoms with van der Waals surface area (Å²) in [4.78, 5) is 0. The SMILES string of the molecule is C1=C\C/C=C\CCCCC\C=C/1. The van der Waals surface area contributed by atoms with E-state index in [0.717, 1.165) is 6.42 Å². The molecule has 0 amide bonds. The highest BCUT2D eigenvalue weighted by Gasteiger charge is 1.85. The minimum absolute atomic E-state index is 1.09. The Bertz CT molecular complexity index is 172. The second-order valence-electron chi connectivity index (χ2n) is 3.20. The number of hydrogen-bond acceptors (Lipinski definition) is 0. The van der Waals surface area contributed by atoms with Gasteiger partial charge in [0.05, 0.1) is 0 Å². The van der Waals surface area contributed by atoms with E-state index in [2.05, 4.69) is 36.5 Å². The van der Waals surface area contributed by atoms with Gasteiger partial charge in [-0.1, -0.05) is 42.9 Å². The molecule has 0 aliphatic heterocycles. The fraction of sp³-hybridized carbons (Fsp3) is 0.500. The third-order valence-corrected chi connectivity index (χ3v) is 2.06. The molecule has 0 atom stereocenters.